The molecule has 1 heterocycles. The van der Waals surface area contributed by atoms with Crippen LogP contribution in [-0.2, 0) is 12.5 Å². The third-order valence-electron chi connectivity index (χ3n) is 4.03. The van der Waals surface area contributed by atoms with Crippen molar-refractivity contribution in [1.29, 1.82) is 0 Å². The molecule has 0 radical (unpaired) electrons. The van der Waals surface area contributed by atoms with E-state index < -0.39 is 52.3 Å². The van der Waals surface area contributed by atoms with E-state index in [2.05, 4.69) is 4.74 Å². The van der Waals surface area contributed by atoms with E-state index in [9.17, 15) is 35.1 Å². The maximum absolute atomic E-state index is 14.4. The van der Waals surface area contributed by atoms with Crippen molar-refractivity contribution < 1.29 is 39.9 Å². The zero-order valence-corrected chi connectivity index (χ0v) is 16.0. The smallest absolute Gasteiger partial charge is 0.429 e. The van der Waals surface area contributed by atoms with E-state index in [1.807, 2.05) is 6.92 Å². The van der Waals surface area contributed by atoms with Crippen molar-refractivity contribution in [3.8, 4) is 16.2 Å². The Morgan fingerprint density at radius 3 is 1.90 bits per heavy atom. The van der Waals surface area contributed by atoms with Crippen molar-refractivity contribution in [2.24, 2.45) is 0 Å². The maximum atomic E-state index is 14.4. The van der Waals surface area contributed by atoms with E-state index in [1.165, 1.54) is 6.07 Å². The van der Waals surface area contributed by atoms with Gasteiger partial charge in [0.15, 0.2) is 17.5 Å². The van der Waals surface area contributed by atoms with Gasteiger partial charge in [0, 0.05) is 22.6 Å². The minimum Gasteiger partial charge on any atom is -0.429 e. The minimum absolute atomic E-state index is 0.104. The summed E-state index contributed by atoms with van der Waals surface area (Å²) in [6.07, 6.45) is -3.47. The van der Waals surface area contributed by atoms with Crippen LogP contribution in [-0.4, -0.2) is 0 Å². The third-order valence-corrected chi connectivity index (χ3v) is 5.25. The lowest BCUT2D eigenvalue weighted by Gasteiger charge is -2.20. The van der Waals surface area contributed by atoms with Gasteiger partial charge in [-0.1, -0.05) is 13.3 Å². The van der Waals surface area contributed by atoms with E-state index in [0.717, 1.165) is 11.3 Å². The van der Waals surface area contributed by atoms with E-state index in [0.29, 0.717) is 29.9 Å². The first-order valence-electron chi connectivity index (χ1n) is 8.53. The van der Waals surface area contributed by atoms with E-state index in [4.69, 9.17) is 0 Å². The van der Waals surface area contributed by atoms with Gasteiger partial charge in [0.25, 0.3) is 0 Å². The van der Waals surface area contributed by atoms with Gasteiger partial charge < -0.3 is 4.74 Å². The second-order valence-electron chi connectivity index (χ2n) is 6.27. The van der Waals surface area contributed by atoms with Crippen LogP contribution in [0.3, 0.4) is 0 Å². The van der Waals surface area contributed by atoms with Crippen molar-refractivity contribution in [2.75, 3.05) is 0 Å². The SMILES string of the molecule is CCCc1cc(F)c(-c2cc(F)c(C(F)(F)Oc3cc(F)c(F)c(F)c3)c(F)c2)s1. The molecule has 10 heteroatoms. The largest absolute Gasteiger partial charge is 0.432 e. The summed E-state index contributed by atoms with van der Waals surface area (Å²) in [6.45, 7) is 1.85. The molecule has 0 bridgehead atoms. The standard InChI is InChI=1S/C20H12F8OS/c1-2-3-11-8-16(25)19(30-11)9-4-12(21)17(13(22)5-9)20(27,28)29-10-6-14(23)18(26)15(24)7-10/h4-8H,2-3H2,1H3. The molecule has 1 nitrogen and oxygen atoms in total. The molecule has 0 fully saturated rings. The Morgan fingerprint density at radius 2 is 1.37 bits per heavy atom. The van der Waals surface area contributed by atoms with Crippen LogP contribution in [0.5, 0.6) is 5.75 Å². The normalized spacial score (nSPS) is 11.8. The van der Waals surface area contributed by atoms with Crippen LogP contribution in [0, 0.1) is 34.9 Å². The highest BCUT2D eigenvalue weighted by Crippen LogP contribution is 2.39. The first-order valence-corrected chi connectivity index (χ1v) is 9.34. The number of hydrogen-bond donors (Lipinski definition) is 0. The Kier molecular flexibility index (Phi) is 6.07. The lowest BCUT2D eigenvalue weighted by atomic mass is 10.1. The van der Waals surface area contributed by atoms with Gasteiger partial charge in [0.1, 0.15) is 28.8 Å². The molecule has 3 rings (SSSR count). The zero-order valence-electron chi connectivity index (χ0n) is 15.1. The molecule has 3 aromatic rings. The lowest BCUT2D eigenvalue weighted by molar-refractivity contribution is -0.189. The zero-order chi connectivity index (χ0) is 22.2. The van der Waals surface area contributed by atoms with Gasteiger partial charge in [-0.25, -0.2) is 26.3 Å². The molecule has 0 saturated heterocycles. The highest BCUT2D eigenvalue weighted by atomic mass is 32.1. The van der Waals surface area contributed by atoms with Crippen LogP contribution in [0.2, 0.25) is 0 Å². The molecule has 0 amide bonds. The van der Waals surface area contributed by atoms with Gasteiger partial charge in [-0.05, 0) is 24.6 Å². The highest BCUT2D eigenvalue weighted by Gasteiger charge is 2.41. The van der Waals surface area contributed by atoms with Gasteiger partial charge in [-0.3, -0.25) is 0 Å². The maximum Gasteiger partial charge on any atom is 0.432 e. The summed E-state index contributed by atoms with van der Waals surface area (Å²) in [5.74, 6) is -11.0. The molecule has 30 heavy (non-hydrogen) atoms. The number of benzene rings is 2. The van der Waals surface area contributed by atoms with Crippen LogP contribution in [0.15, 0.2) is 30.3 Å². The van der Waals surface area contributed by atoms with Crippen molar-refractivity contribution in [3.05, 3.63) is 75.7 Å². The minimum atomic E-state index is -4.70. The molecule has 160 valence electrons. The summed E-state index contributed by atoms with van der Waals surface area (Å²) < 4.78 is 115. The molecule has 0 aliphatic carbocycles. The summed E-state index contributed by atoms with van der Waals surface area (Å²) in [6, 6.07) is 2.42. The van der Waals surface area contributed by atoms with E-state index in [1.54, 1.807) is 0 Å². The molecular weight excluding hydrogens is 440 g/mol. The fourth-order valence-corrected chi connectivity index (χ4v) is 3.88. The molecule has 0 saturated carbocycles. The topological polar surface area (TPSA) is 9.23 Å². The van der Waals surface area contributed by atoms with Crippen LogP contribution >= 0.6 is 11.3 Å². The van der Waals surface area contributed by atoms with Crippen molar-refractivity contribution in [1.82, 2.24) is 0 Å². The average Bonchev–Trinajstić information content (AvgIpc) is 2.99. The Hall–Kier alpha value is -2.62. The van der Waals surface area contributed by atoms with Gasteiger partial charge in [0.2, 0.25) is 0 Å². The Labute approximate surface area is 169 Å². The monoisotopic (exact) mass is 452 g/mol. The van der Waals surface area contributed by atoms with Crippen LogP contribution in [0.25, 0.3) is 10.4 Å². The van der Waals surface area contributed by atoms with Gasteiger partial charge >= 0.3 is 6.11 Å². The third kappa shape index (κ3) is 4.28. The summed E-state index contributed by atoms with van der Waals surface area (Å²) in [5, 5.41) is 0. The van der Waals surface area contributed by atoms with Crippen LogP contribution < -0.4 is 4.74 Å². The lowest BCUT2D eigenvalue weighted by Crippen LogP contribution is -2.25. The second kappa shape index (κ2) is 8.25. The Balaban J connectivity index is 1.98. The van der Waals surface area contributed by atoms with E-state index in [-0.39, 0.29) is 22.6 Å². The molecule has 0 aliphatic rings. The fraction of sp³-hybridized carbons (Fsp3) is 0.200. The van der Waals surface area contributed by atoms with Gasteiger partial charge in [-0.15, -0.1) is 11.3 Å². The molecule has 0 unspecified atom stereocenters. The van der Waals surface area contributed by atoms with E-state index >= 15 is 0 Å². The summed E-state index contributed by atoms with van der Waals surface area (Å²) >= 11 is 0.929. The van der Waals surface area contributed by atoms with Crippen molar-refractivity contribution in [3.63, 3.8) is 0 Å². The molecule has 0 atom stereocenters. The Bertz CT molecular complexity index is 1050. The first-order chi connectivity index (χ1) is 14.0. The van der Waals surface area contributed by atoms with Crippen LogP contribution in [0.4, 0.5) is 35.1 Å². The molecule has 0 spiro atoms. The molecule has 1 aromatic heterocycles. The van der Waals surface area contributed by atoms with Gasteiger partial charge in [-0.2, -0.15) is 8.78 Å². The van der Waals surface area contributed by atoms with Crippen molar-refractivity contribution in [2.45, 2.75) is 25.9 Å². The summed E-state index contributed by atoms with van der Waals surface area (Å²) in [4.78, 5) is 0.485. The number of thiophene rings is 1. The second-order valence-corrected chi connectivity index (χ2v) is 7.41. The predicted molar refractivity (Wildman–Crippen MR) is 94.5 cm³/mol. The van der Waals surface area contributed by atoms with Crippen LogP contribution in [0.1, 0.15) is 23.8 Å². The summed E-state index contributed by atoms with van der Waals surface area (Å²) in [5.41, 5.74) is -2.14. The molecule has 0 N–H and O–H groups in total. The molecule has 2 aromatic carbocycles. The number of hydrogen-bond acceptors (Lipinski definition) is 2. The first kappa shape index (κ1) is 22.1. The average molecular weight is 452 g/mol. The predicted octanol–water partition coefficient (Wildman–Crippen LogP) is 7.33. The quantitative estimate of drug-likeness (QED) is 0.281. The number of ether oxygens (including phenoxy) is 1. The number of alkyl halides is 2. The highest BCUT2D eigenvalue weighted by molar-refractivity contribution is 7.15. The summed E-state index contributed by atoms with van der Waals surface area (Å²) in [7, 11) is 0. The molecule has 0 aliphatic heterocycles. The Morgan fingerprint density at radius 1 is 0.800 bits per heavy atom. The van der Waals surface area contributed by atoms with Crippen molar-refractivity contribution >= 4 is 11.3 Å². The number of aryl methyl sites for hydroxylation is 1. The number of rotatable bonds is 6. The molecular formula is C20H12F8OS. The van der Waals surface area contributed by atoms with Gasteiger partial charge in [0.05, 0.1) is 4.88 Å². The fourth-order valence-electron chi connectivity index (χ4n) is 2.76. The number of halogens is 8.